The SMILES string of the molecule is Cc1ncsc1CNCC(F)(F)CO. The van der Waals surface area contributed by atoms with Crippen LogP contribution in [0.3, 0.4) is 0 Å². The number of aliphatic hydroxyl groups excluding tert-OH is 1. The lowest BCUT2D eigenvalue weighted by atomic mass is 10.3. The average Bonchev–Trinajstić information content (AvgIpc) is 2.52. The molecule has 1 heterocycles. The van der Waals surface area contributed by atoms with Crippen LogP contribution < -0.4 is 5.32 Å². The van der Waals surface area contributed by atoms with Crippen LogP contribution in [0.25, 0.3) is 0 Å². The molecule has 1 aromatic rings. The third kappa shape index (κ3) is 3.28. The van der Waals surface area contributed by atoms with Crippen LogP contribution in [0, 0.1) is 6.92 Å². The highest BCUT2D eigenvalue weighted by Crippen LogP contribution is 2.13. The van der Waals surface area contributed by atoms with E-state index in [0.717, 1.165) is 10.6 Å². The molecule has 14 heavy (non-hydrogen) atoms. The monoisotopic (exact) mass is 222 g/mol. The Morgan fingerprint density at radius 1 is 1.64 bits per heavy atom. The lowest BCUT2D eigenvalue weighted by molar-refractivity contribution is -0.0477. The molecular formula is C8H12F2N2OS. The Bertz CT molecular complexity index is 291. The standard InChI is InChI=1S/C8H12F2N2OS/c1-6-7(14-5-12-6)2-11-3-8(9,10)4-13/h5,11,13H,2-4H2,1H3. The van der Waals surface area contributed by atoms with E-state index >= 15 is 0 Å². The summed E-state index contributed by atoms with van der Waals surface area (Å²) in [6.45, 7) is 0.562. The van der Waals surface area contributed by atoms with Crippen molar-refractivity contribution in [3.05, 3.63) is 16.1 Å². The van der Waals surface area contributed by atoms with E-state index in [1.807, 2.05) is 6.92 Å². The van der Waals surface area contributed by atoms with Crippen LogP contribution in [0.1, 0.15) is 10.6 Å². The summed E-state index contributed by atoms with van der Waals surface area (Å²) in [7, 11) is 0. The van der Waals surface area contributed by atoms with Crippen LogP contribution in [0.5, 0.6) is 0 Å². The molecule has 0 aliphatic heterocycles. The van der Waals surface area contributed by atoms with E-state index in [0.29, 0.717) is 6.54 Å². The van der Waals surface area contributed by atoms with Gasteiger partial charge in [0.15, 0.2) is 0 Å². The van der Waals surface area contributed by atoms with Crippen LogP contribution in [0.4, 0.5) is 8.78 Å². The van der Waals surface area contributed by atoms with Gasteiger partial charge in [0.05, 0.1) is 17.7 Å². The summed E-state index contributed by atoms with van der Waals surface area (Å²) in [6.07, 6.45) is 0. The van der Waals surface area contributed by atoms with Gasteiger partial charge in [-0.25, -0.2) is 13.8 Å². The molecule has 1 aromatic heterocycles. The molecule has 80 valence electrons. The van der Waals surface area contributed by atoms with E-state index < -0.39 is 19.1 Å². The summed E-state index contributed by atoms with van der Waals surface area (Å²) in [5.41, 5.74) is 2.53. The highest BCUT2D eigenvalue weighted by atomic mass is 32.1. The van der Waals surface area contributed by atoms with Gasteiger partial charge in [0.1, 0.15) is 6.61 Å². The maximum atomic E-state index is 12.6. The van der Waals surface area contributed by atoms with Crippen LogP contribution in [0.2, 0.25) is 0 Å². The van der Waals surface area contributed by atoms with Gasteiger partial charge in [-0.05, 0) is 6.92 Å². The maximum absolute atomic E-state index is 12.6. The number of aryl methyl sites for hydroxylation is 1. The first kappa shape index (κ1) is 11.5. The summed E-state index contributed by atoms with van der Waals surface area (Å²) in [5, 5.41) is 10.9. The minimum Gasteiger partial charge on any atom is -0.390 e. The van der Waals surface area contributed by atoms with Gasteiger partial charge in [-0.2, -0.15) is 0 Å². The number of thiazole rings is 1. The van der Waals surface area contributed by atoms with Gasteiger partial charge in [0.25, 0.3) is 5.92 Å². The highest BCUT2D eigenvalue weighted by molar-refractivity contribution is 7.09. The first-order valence-corrected chi connectivity index (χ1v) is 5.01. The van der Waals surface area contributed by atoms with Crippen molar-refractivity contribution < 1.29 is 13.9 Å². The smallest absolute Gasteiger partial charge is 0.282 e. The van der Waals surface area contributed by atoms with Gasteiger partial charge in [0.2, 0.25) is 0 Å². The predicted molar refractivity (Wildman–Crippen MR) is 50.6 cm³/mol. The van der Waals surface area contributed by atoms with Crippen molar-refractivity contribution in [1.82, 2.24) is 10.3 Å². The number of hydrogen-bond donors (Lipinski definition) is 2. The quantitative estimate of drug-likeness (QED) is 0.786. The van der Waals surface area contributed by atoms with Crippen LogP contribution in [0.15, 0.2) is 5.51 Å². The number of aromatic nitrogens is 1. The molecule has 0 unspecified atom stereocenters. The van der Waals surface area contributed by atoms with E-state index in [4.69, 9.17) is 5.11 Å². The van der Waals surface area contributed by atoms with Crippen molar-refractivity contribution in [2.24, 2.45) is 0 Å². The van der Waals surface area contributed by atoms with Crippen LogP contribution in [-0.4, -0.2) is 29.2 Å². The fourth-order valence-electron chi connectivity index (χ4n) is 0.911. The average molecular weight is 222 g/mol. The fraction of sp³-hybridized carbons (Fsp3) is 0.625. The first-order chi connectivity index (χ1) is 6.55. The van der Waals surface area contributed by atoms with Crippen molar-refractivity contribution in [1.29, 1.82) is 0 Å². The van der Waals surface area contributed by atoms with E-state index in [9.17, 15) is 8.78 Å². The lowest BCUT2D eigenvalue weighted by Crippen LogP contribution is -2.35. The summed E-state index contributed by atoms with van der Waals surface area (Å²) in [5.74, 6) is -3.04. The Balaban J connectivity index is 2.32. The fourth-order valence-corrected chi connectivity index (χ4v) is 1.66. The summed E-state index contributed by atoms with van der Waals surface area (Å²) >= 11 is 1.43. The van der Waals surface area contributed by atoms with Gasteiger partial charge >= 0.3 is 0 Å². The largest absolute Gasteiger partial charge is 0.390 e. The molecule has 0 atom stereocenters. The molecule has 0 aromatic carbocycles. The summed E-state index contributed by atoms with van der Waals surface area (Å²) in [4.78, 5) is 4.94. The molecular weight excluding hydrogens is 210 g/mol. The Morgan fingerprint density at radius 2 is 2.36 bits per heavy atom. The van der Waals surface area contributed by atoms with Gasteiger partial charge in [-0.1, -0.05) is 0 Å². The number of rotatable bonds is 5. The van der Waals surface area contributed by atoms with E-state index in [1.165, 1.54) is 11.3 Å². The van der Waals surface area contributed by atoms with E-state index in [1.54, 1.807) is 5.51 Å². The normalized spacial score (nSPS) is 12.0. The van der Waals surface area contributed by atoms with Gasteiger partial charge in [-0.3, -0.25) is 0 Å². The predicted octanol–water partition coefficient (Wildman–Crippen LogP) is 1.17. The molecule has 0 aliphatic rings. The zero-order chi connectivity index (χ0) is 10.6. The van der Waals surface area contributed by atoms with Crippen molar-refractivity contribution in [2.75, 3.05) is 13.2 Å². The van der Waals surface area contributed by atoms with Crippen molar-refractivity contribution >= 4 is 11.3 Å². The second kappa shape index (κ2) is 4.77. The molecule has 2 N–H and O–H groups in total. The molecule has 0 amide bonds. The van der Waals surface area contributed by atoms with Gasteiger partial charge in [0, 0.05) is 11.4 Å². The van der Waals surface area contributed by atoms with Crippen molar-refractivity contribution in [2.45, 2.75) is 19.4 Å². The second-order valence-corrected chi connectivity index (χ2v) is 3.92. The molecule has 0 bridgehead atoms. The minimum atomic E-state index is -3.04. The summed E-state index contributed by atoms with van der Waals surface area (Å²) < 4.78 is 25.1. The number of nitrogens with zero attached hydrogens (tertiary/aromatic N) is 1. The number of alkyl halides is 2. The lowest BCUT2D eigenvalue weighted by Gasteiger charge is -2.13. The number of aliphatic hydroxyl groups is 1. The maximum Gasteiger partial charge on any atom is 0.282 e. The Kier molecular flexibility index (Phi) is 3.91. The Labute approximate surface area is 84.8 Å². The number of halogens is 2. The molecule has 6 heteroatoms. The van der Waals surface area contributed by atoms with Gasteiger partial charge in [-0.15, -0.1) is 11.3 Å². The Hall–Kier alpha value is -0.590. The van der Waals surface area contributed by atoms with E-state index in [-0.39, 0.29) is 0 Å². The van der Waals surface area contributed by atoms with Crippen LogP contribution >= 0.6 is 11.3 Å². The molecule has 0 saturated carbocycles. The minimum absolute atomic E-state index is 0.367. The number of nitrogens with one attached hydrogen (secondary N) is 1. The summed E-state index contributed by atoms with van der Waals surface area (Å²) in [6, 6.07) is 0. The van der Waals surface area contributed by atoms with E-state index in [2.05, 4.69) is 10.3 Å². The molecule has 0 spiro atoms. The third-order valence-electron chi connectivity index (χ3n) is 1.75. The first-order valence-electron chi connectivity index (χ1n) is 4.13. The third-order valence-corrected chi connectivity index (χ3v) is 2.68. The van der Waals surface area contributed by atoms with Crippen molar-refractivity contribution in [3.63, 3.8) is 0 Å². The molecule has 0 radical (unpaired) electrons. The molecule has 0 saturated heterocycles. The second-order valence-electron chi connectivity index (χ2n) is 2.98. The molecule has 0 aliphatic carbocycles. The highest BCUT2D eigenvalue weighted by Gasteiger charge is 2.26. The Morgan fingerprint density at radius 3 is 2.86 bits per heavy atom. The topological polar surface area (TPSA) is 45.2 Å². The zero-order valence-electron chi connectivity index (χ0n) is 7.76. The molecule has 0 fully saturated rings. The molecule has 3 nitrogen and oxygen atoms in total. The van der Waals surface area contributed by atoms with Gasteiger partial charge < -0.3 is 10.4 Å². The number of hydrogen-bond acceptors (Lipinski definition) is 4. The van der Waals surface area contributed by atoms with Crippen molar-refractivity contribution in [3.8, 4) is 0 Å². The zero-order valence-corrected chi connectivity index (χ0v) is 8.57. The molecule has 1 rings (SSSR count). The van der Waals surface area contributed by atoms with Crippen LogP contribution in [-0.2, 0) is 6.54 Å².